The van der Waals surface area contributed by atoms with Crippen molar-refractivity contribution >= 4 is 11.9 Å². The third-order valence-corrected chi connectivity index (χ3v) is 5.62. The van der Waals surface area contributed by atoms with E-state index in [-0.39, 0.29) is 23.9 Å². The van der Waals surface area contributed by atoms with E-state index in [1.807, 2.05) is 35.8 Å². The normalized spacial score (nSPS) is 17.6. The fraction of sp³-hybridized carbons (Fsp3) is 0.579. The molecule has 2 N–H and O–H groups in total. The highest BCUT2D eigenvalue weighted by atomic mass is 16.2. The lowest BCUT2D eigenvalue weighted by Crippen LogP contribution is -2.43. The second-order valence-corrected chi connectivity index (χ2v) is 7.73. The molecule has 1 fully saturated rings. The highest BCUT2D eigenvalue weighted by Gasteiger charge is 2.31. The molecular formula is C19H27N7O2. The Morgan fingerprint density at radius 3 is 2.82 bits per heavy atom. The van der Waals surface area contributed by atoms with Crippen molar-refractivity contribution in [2.24, 2.45) is 13.0 Å². The van der Waals surface area contributed by atoms with Gasteiger partial charge in [0.25, 0.3) is 0 Å². The van der Waals surface area contributed by atoms with Crippen molar-refractivity contribution < 1.29 is 9.59 Å². The molecule has 1 saturated carbocycles. The quantitative estimate of drug-likeness (QED) is 0.811. The van der Waals surface area contributed by atoms with Crippen molar-refractivity contribution in [2.45, 2.75) is 51.9 Å². The number of nitrogens with one attached hydrogen (secondary N) is 2. The molecule has 150 valence electrons. The molecule has 0 aromatic carbocycles. The van der Waals surface area contributed by atoms with Crippen LogP contribution >= 0.6 is 0 Å². The molecule has 3 heterocycles. The maximum absolute atomic E-state index is 12.5. The molecule has 0 saturated heterocycles. The molecule has 28 heavy (non-hydrogen) atoms. The summed E-state index contributed by atoms with van der Waals surface area (Å²) >= 11 is 0. The zero-order valence-corrected chi connectivity index (χ0v) is 16.4. The molecule has 3 amide bonds. The molecule has 1 aliphatic carbocycles. The second-order valence-electron chi connectivity index (χ2n) is 7.73. The van der Waals surface area contributed by atoms with Crippen molar-refractivity contribution in [3.05, 3.63) is 35.4 Å². The van der Waals surface area contributed by atoms with Gasteiger partial charge in [0.1, 0.15) is 0 Å². The monoisotopic (exact) mass is 385 g/mol. The molecule has 2 aliphatic rings. The smallest absolute Gasteiger partial charge is 0.315 e. The van der Waals surface area contributed by atoms with Gasteiger partial charge >= 0.3 is 6.03 Å². The van der Waals surface area contributed by atoms with Gasteiger partial charge in [-0.3, -0.25) is 14.2 Å². The van der Waals surface area contributed by atoms with Gasteiger partial charge in [-0.15, -0.1) is 0 Å². The summed E-state index contributed by atoms with van der Waals surface area (Å²) in [4.78, 5) is 26.6. The first-order valence-corrected chi connectivity index (χ1v) is 9.87. The number of hydrogen-bond acceptors (Lipinski definition) is 4. The van der Waals surface area contributed by atoms with Gasteiger partial charge in [-0.2, -0.15) is 10.2 Å². The van der Waals surface area contributed by atoms with Crippen LogP contribution in [0.15, 0.2) is 18.5 Å². The molecule has 2 aromatic rings. The van der Waals surface area contributed by atoms with Crippen LogP contribution in [0, 0.1) is 5.92 Å². The zero-order chi connectivity index (χ0) is 19.7. The number of aryl methyl sites for hydroxylation is 1. The van der Waals surface area contributed by atoms with Crippen LogP contribution in [0.4, 0.5) is 4.79 Å². The van der Waals surface area contributed by atoms with E-state index < -0.39 is 0 Å². The van der Waals surface area contributed by atoms with Gasteiger partial charge in [0.15, 0.2) is 0 Å². The Balaban J connectivity index is 1.28. The van der Waals surface area contributed by atoms with Gasteiger partial charge in [0, 0.05) is 31.3 Å². The van der Waals surface area contributed by atoms with Gasteiger partial charge < -0.3 is 15.5 Å². The van der Waals surface area contributed by atoms with Gasteiger partial charge in [0.05, 0.1) is 43.3 Å². The van der Waals surface area contributed by atoms with E-state index in [0.717, 1.165) is 29.8 Å². The minimum absolute atomic E-state index is 0.130. The molecule has 0 bridgehead atoms. The molecule has 0 unspecified atom stereocenters. The number of hydrogen-bond donors (Lipinski definition) is 2. The average molecular weight is 385 g/mol. The number of rotatable bonds is 5. The molecule has 2 aromatic heterocycles. The van der Waals surface area contributed by atoms with Gasteiger partial charge in [-0.05, 0) is 25.8 Å². The average Bonchev–Trinajstić information content (AvgIpc) is 3.23. The first-order chi connectivity index (χ1) is 13.5. The summed E-state index contributed by atoms with van der Waals surface area (Å²) < 4.78 is 3.65. The molecule has 1 atom stereocenters. The zero-order valence-electron chi connectivity index (χ0n) is 16.4. The summed E-state index contributed by atoms with van der Waals surface area (Å²) in [7, 11) is 1.84. The minimum atomic E-state index is -0.246. The minimum Gasteiger partial charge on any atom is -0.335 e. The van der Waals surface area contributed by atoms with Crippen molar-refractivity contribution in [3.63, 3.8) is 0 Å². The van der Waals surface area contributed by atoms with Gasteiger partial charge in [-0.1, -0.05) is 6.42 Å². The largest absolute Gasteiger partial charge is 0.335 e. The molecule has 0 radical (unpaired) electrons. The Bertz CT molecular complexity index is 868. The first kappa shape index (κ1) is 18.5. The molecule has 0 spiro atoms. The van der Waals surface area contributed by atoms with E-state index in [9.17, 15) is 9.59 Å². The van der Waals surface area contributed by atoms with Crippen LogP contribution in [-0.2, 0) is 31.5 Å². The summed E-state index contributed by atoms with van der Waals surface area (Å²) in [6.45, 7) is 4.28. The standard InChI is InChI=1S/C19H27N7O2/c1-13(15-9-21-24(2)11-15)22-19(28)20-10-16-8-17-12-25(6-7-26(17)23-16)18(27)14-4-3-5-14/h8-9,11,13-14H,3-7,10,12H2,1-2H3,(H2,20,22,28)/t13-/m1/s1. The third kappa shape index (κ3) is 3.88. The number of carbonyl (C=O) groups excluding carboxylic acids is 2. The third-order valence-electron chi connectivity index (χ3n) is 5.62. The second kappa shape index (κ2) is 7.65. The van der Waals surface area contributed by atoms with Gasteiger partial charge in [-0.25, -0.2) is 4.79 Å². The van der Waals surface area contributed by atoms with Crippen LogP contribution < -0.4 is 10.6 Å². The fourth-order valence-electron chi connectivity index (χ4n) is 3.68. The first-order valence-electron chi connectivity index (χ1n) is 9.87. The maximum Gasteiger partial charge on any atom is 0.315 e. The number of aromatic nitrogens is 4. The van der Waals surface area contributed by atoms with E-state index in [0.29, 0.717) is 26.2 Å². The molecule has 9 heteroatoms. The van der Waals surface area contributed by atoms with Crippen LogP contribution in [0.2, 0.25) is 0 Å². The highest BCUT2D eigenvalue weighted by Crippen LogP contribution is 2.29. The lowest BCUT2D eigenvalue weighted by Gasteiger charge is -2.34. The van der Waals surface area contributed by atoms with Crippen LogP contribution in [0.5, 0.6) is 0 Å². The van der Waals surface area contributed by atoms with E-state index in [1.165, 1.54) is 6.42 Å². The Morgan fingerprint density at radius 2 is 2.14 bits per heavy atom. The van der Waals surface area contributed by atoms with Crippen LogP contribution in [-0.4, -0.2) is 42.9 Å². The SMILES string of the molecule is C[C@@H](NC(=O)NCc1cc2n(n1)CCN(C(=O)C1CCC1)C2)c1cnn(C)c1. The van der Waals surface area contributed by atoms with Crippen LogP contribution in [0.1, 0.15) is 49.2 Å². The topological polar surface area (TPSA) is 97.1 Å². The van der Waals surface area contributed by atoms with E-state index in [1.54, 1.807) is 10.9 Å². The predicted molar refractivity (Wildman–Crippen MR) is 102 cm³/mol. The number of nitrogens with zero attached hydrogens (tertiary/aromatic N) is 5. The molecule has 4 rings (SSSR count). The number of carbonyl (C=O) groups is 2. The lowest BCUT2D eigenvalue weighted by atomic mass is 9.84. The van der Waals surface area contributed by atoms with Crippen LogP contribution in [0.25, 0.3) is 0 Å². The van der Waals surface area contributed by atoms with Crippen molar-refractivity contribution in [2.75, 3.05) is 6.54 Å². The Hall–Kier alpha value is -2.84. The predicted octanol–water partition coefficient (Wildman–Crippen LogP) is 1.32. The summed E-state index contributed by atoms with van der Waals surface area (Å²) in [5.74, 6) is 0.503. The Labute approximate surface area is 164 Å². The Kier molecular flexibility index (Phi) is 5.06. The molecule has 9 nitrogen and oxygen atoms in total. The van der Waals surface area contributed by atoms with E-state index >= 15 is 0 Å². The van der Waals surface area contributed by atoms with Crippen molar-refractivity contribution in [1.29, 1.82) is 0 Å². The van der Waals surface area contributed by atoms with Crippen molar-refractivity contribution in [1.82, 2.24) is 35.1 Å². The number of fused-ring (bicyclic) bond motifs is 1. The summed E-state index contributed by atoms with van der Waals surface area (Å²) in [6, 6.07) is 1.60. The van der Waals surface area contributed by atoms with Gasteiger partial charge in [0.2, 0.25) is 5.91 Å². The summed E-state index contributed by atoms with van der Waals surface area (Å²) in [5, 5.41) is 14.4. The molecule has 1 aliphatic heterocycles. The summed E-state index contributed by atoms with van der Waals surface area (Å²) in [6.07, 6.45) is 6.84. The molecular weight excluding hydrogens is 358 g/mol. The number of amides is 3. The fourth-order valence-corrected chi connectivity index (χ4v) is 3.68. The highest BCUT2D eigenvalue weighted by molar-refractivity contribution is 5.79. The summed E-state index contributed by atoms with van der Waals surface area (Å²) in [5.41, 5.74) is 2.78. The van der Waals surface area contributed by atoms with E-state index in [2.05, 4.69) is 20.8 Å². The number of urea groups is 1. The van der Waals surface area contributed by atoms with Crippen molar-refractivity contribution in [3.8, 4) is 0 Å². The van der Waals surface area contributed by atoms with Crippen LogP contribution in [0.3, 0.4) is 0 Å². The lowest BCUT2D eigenvalue weighted by molar-refractivity contribution is -0.139. The Morgan fingerprint density at radius 1 is 1.32 bits per heavy atom. The maximum atomic E-state index is 12.5. The van der Waals surface area contributed by atoms with E-state index in [4.69, 9.17) is 0 Å².